The summed E-state index contributed by atoms with van der Waals surface area (Å²) >= 11 is 0. The van der Waals surface area contributed by atoms with Crippen LogP contribution in [0, 0.1) is 0 Å². The first-order chi connectivity index (χ1) is 8.35. The van der Waals surface area contributed by atoms with Crippen molar-refractivity contribution in [1.82, 2.24) is 4.98 Å². The van der Waals surface area contributed by atoms with Gasteiger partial charge in [0.05, 0.1) is 5.52 Å². The smallest absolute Gasteiger partial charge is 0.399 e. The molecular formula is C12H12F3N3. The molecule has 2 rings (SSSR count). The number of pyridine rings is 1. The number of fused-ring (bicyclic) bond motifs is 1. The highest BCUT2D eigenvalue weighted by atomic mass is 19.4. The summed E-state index contributed by atoms with van der Waals surface area (Å²) in [6, 6.07) is 8.35. The van der Waals surface area contributed by atoms with Crippen LogP contribution in [0.15, 0.2) is 30.3 Å². The molecule has 18 heavy (non-hydrogen) atoms. The van der Waals surface area contributed by atoms with E-state index in [0.717, 1.165) is 10.3 Å². The maximum Gasteiger partial charge on any atom is 0.405 e. The van der Waals surface area contributed by atoms with Gasteiger partial charge in [-0.15, -0.1) is 0 Å². The fourth-order valence-corrected chi connectivity index (χ4v) is 1.70. The first-order valence-electron chi connectivity index (χ1n) is 5.29. The van der Waals surface area contributed by atoms with Crippen molar-refractivity contribution in [2.24, 2.45) is 0 Å². The van der Waals surface area contributed by atoms with E-state index in [1.807, 2.05) is 0 Å². The minimum atomic E-state index is -4.24. The van der Waals surface area contributed by atoms with E-state index in [2.05, 4.69) is 4.98 Å². The lowest BCUT2D eigenvalue weighted by Gasteiger charge is -2.20. The quantitative estimate of drug-likeness (QED) is 0.839. The molecule has 1 aromatic carbocycles. The second-order valence-electron chi connectivity index (χ2n) is 4.09. The molecule has 3 nitrogen and oxygen atoms in total. The molecule has 2 N–H and O–H groups in total. The number of nitrogens with zero attached hydrogens (tertiary/aromatic N) is 2. The lowest BCUT2D eigenvalue weighted by molar-refractivity contribution is -0.119. The number of anilines is 2. The zero-order valence-electron chi connectivity index (χ0n) is 9.70. The van der Waals surface area contributed by atoms with E-state index >= 15 is 0 Å². The van der Waals surface area contributed by atoms with Crippen molar-refractivity contribution >= 4 is 22.4 Å². The third-order valence-corrected chi connectivity index (χ3v) is 2.51. The predicted molar refractivity (Wildman–Crippen MR) is 65.5 cm³/mol. The van der Waals surface area contributed by atoms with E-state index in [9.17, 15) is 13.2 Å². The topological polar surface area (TPSA) is 42.1 Å². The summed E-state index contributed by atoms with van der Waals surface area (Å²) in [5, 5.41) is 0.805. The largest absolute Gasteiger partial charge is 0.405 e. The molecule has 0 aliphatic rings. The molecule has 0 amide bonds. The molecule has 0 aliphatic heterocycles. The lowest BCUT2D eigenvalue weighted by Crippen LogP contribution is -2.31. The Labute approximate surface area is 102 Å². The number of nitrogens with two attached hydrogens (primary N) is 1. The van der Waals surface area contributed by atoms with Gasteiger partial charge in [-0.25, -0.2) is 4.98 Å². The SMILES string of the molecule is CN(CC(F)(F)F)c1ccc2cc(N)ccc2n1. The van der Waals surface area contributed by atoms with E-state index in [-0.39, 0.29) is 5.82 Å². The van der Waals surface area contributed by atoms with Gasteiger partial charge in [0.1, 0.15) is 12.4 Å². The standard InChI is InChI=1S/C12H12F3N3/c1-18(7-12(13,14)15)11-5-2-8-6-9(16)3-4-10(8)17-11/h2-6H,7,16H2,1H3. The molecule has 0 spiro atoms. The van der Waals surface area contributed by atoms with Crippen LogP contribution in [0.3, 0.4) is 0 Å². The Morgan fingerprint density at radius 2 is 1.94 bits per heavy atom. The van der Waals surface area contributed by atoms with Crippen LogP contribution in [0.5, 0.6) is 0 Å². The first kappa shape index (κ1) is 12.5. The van der Waals surface area contributed by atoms with Crippen LogP contribution in [-0.4, -0.2) is 24.8 Å². The molecule has 2 aromatic rings. The van der Waals surface area contributed by atoms with Crippen molar-refractivity contribution < 1.29 is 13.2 Å². The van der Waals surface area contributed by atoms with Gasteiger partial charge in [0.2, 0.25) is 0 Å². The number of aromatic nitrogens is 1. The number of hydrogen-bond donors (Lipinski definition) is 1. The second-order valence-corrected chi connectivity index (χ2v) is 4.09. The molecule has 0 radical (unpaired) electrons. The number of alkyl halides is 3. The normalized spacial score (nSPS) is 11.8. The third-order valence-electron chi connectivity index (χ3n) is 2.51. The molecule has 0 saturated heterocycles. The zero-order chi connectivity index (χ0) is 13.3. The monoisotopic (exact) mass is 255 g/mol. The molecule has 1 heterocycles. The van der Waals surface area contributed by atoms with Crippen LogP contribution in [0.25, 0.3) is 10.9 Å². The lowest BCUT2D eigenvalue weighted by atomic mass is 10.2. The third kappa shape index (κ3) is 2.82. The summed E-state index contributed by atoms with van der Waals surface area (Å²) in [5.74, 6) is 0.282. The van der Waals surface area contributed by atoms with Crippen molar-refractivity contribution in [3.05, 3.63) is 30.3 Å². The average molecular weight is 255 g/mol. The van der Waals surface area contributed by atoms with Gasteiger partial charge in [-0.2, -0.15) is 13.2 Å². The van der Waals surface area contributed by atoms with Crippen LogP contribution in [-0.2, 0) is 0 Å². The number of nitrogen functional groups attached to an aromatic ring is 1. The number of benzene rings is 1. The van der Waals surface area contributed by atoms with Crippen LogP contribution in [0.2, 0.25) is 0 Å². The van der Waals surface area contributed by atoms with Gasteiger partial charge >= 0.3 is 6.18 Å². The number of halogens is 3. The zero-order valence-corrected chi connectivity index (χ0v) is 9.70. The number of rotatable bonds is 2. The van der Waals surface area contributed by atoms with Crippen LogP contribution < -0.4 is 10.6 Å². The first-order valence-corrected chi connectivity index (χ1v) is 5.29. The van der Waals surface area contributed by atoms with Crippen molar-refractivity contribution in [2.45, 2.75) is 6.18 Å². The van der Waals surface area contributed by atoms with E-state index in [4.69, 9.17) is 5.73 Å². The van der Waals surface area contributed by atoms with Crippen molar-refractivity contribution in [3.8, 4) is 0 Å². The van der Waals surface area contributed by atoms with E-state index in [0.29, 0.717) is 11.2 Å². The summed E-state index contributed by atoms with van der Waals surface area (Å²) in [4.78, 5) is 5.24. The summed E-state index contributed by atoms with van der Waals surface area (Å²) in [5.41, 5.74) is 6.84. The highest BCUT2D eigenvalue weighted by molar-refractivity contribution is 5.83. The molecule has 96 valence electrons. The molecule has 0 fully saturated rings. The highest BCUT2D eigenvalue weighted by Gasteiger charge is 2.29. The van der Waals surface area contributed by atoms with E-state index < -0.39 is 12.7 Å². The maximum absolute atomic E-state index is 12.3. The van der Waals surface area contributed by atoms with Gasteiger partial charge in [-0.3, -0.25) is 0 Å². The molecule has 0 unspecified atom stereocenters. The summed E-state index contributed by atoms with van der Waals surface area (Å²) in [6.07, 6.45) is -4.24. The summed E-state index contributed by atoms with van der Waals surface area (Å²) in [6.45, 7) is -1.03. The van der Waals surface area contributed by atoms with Crippen molar-refractivity contribution in [1.29, 1.82) is 0 Å². The van der Waals surface area contributed by atoms with Crippen molar-refractivity contribution in [2.75, 3.05) is 24.2 Å². The maximum atomic E-state index is 12.3. The minimum Gasteiger partial charge on any atom is -0.399 e. The Morgan fingerprint density at radius 1 is 1.22 bits per heavy atom. The van der Waals surface area contributed by atoms with Gasteiger partial charge < -0.3 is 10.6 Å². The second kappa shape index (κ2) is 4.36. The van der Waals surface area contributed by atoms with Gasteiger partial charge in [0, 0.05) is 18.1 Å². The van der Waals surface area contributed by atoms with E-state index in [1.54, 1.807) is 30.3 Å². The molecule has 0 aliphatic carbocycles. The molecule has 6 heteroatoms. The van der Waals surface area contributed by atoms with Gasteiger partial charge in [-0.1, -0.05) is 0 Å². The molecule has 1 aromatic heterocycles. The fourth-order valence-electron chi connectivity index (χ4n) is 1.70. The van der Waals surface area contributed by atoms with Gasteiger partial charge in [-0.05, 0) is 30.3 Å². The summed E-state index contributed by atoms with van der Waals surface area (Å²) in [7, 11) is 1.36. The van der Waals surface area contributed by atoms with Gasteiger partial charge in [0.25, 0.3) is 0 Å². The van der Waals surface area contributed by atoms with Crippen LogP contribution >= 0.6 is 0 Å². The Bertz CT molecular complexity index is 566. The fraction of sp³-hybridized carbons (Fsp3) is 0.250. The average Bonchev–Trinajstić information content (AvgIpc) is 2.26. The van der Waals surface area contributed by atoms with Crippen LogP contribution in [0.1, 0.15) is 0 Å². The Hall–Kier alpha value is -1.98. The molecular weight excluding hydrogens is 243 g/mol. The highest BCUT2D eigenvalue weighted by Crippen LogP contribution is 2.22. The minimum absolute atomic E-state index is 0.282. The molecule has 0 saturated carbocycles. The molecule has 0 bridgehead atoms. The van der Waals surface area contributed by atoms with Gasteiger partial charge in [0.15, 0.2) is 0 Å². The Morgan fingerprint density at radius 3 is 2.61 bits per heavy atom. The molecule has 0 atom stereocenters. The van der Waals surface area contributed by atoms with E-state index in [1.165, 1.54) is 7.05 Å². The van der Waals surface area contributed by atoms with Crippen molar-refractivity contribution in [3.63, 3.8) is 0 Å². The Kier molecular flexibility index (Phi) is 3.02. The predicted octanol–water partition coefficient (Wildman–Crippen LogP) is 2.82. The summed E-state index contributed by atoms with van der Waals surface area (Å²) < 4.78 is 36.8. The number of hydrogen-bond acceptors (Lipinski definition) is 3. The Balaban J connectivity index is 2.32. The van der Waals surface area contributed by atoms with Crippen LogP contribution in [0.4, 0.5) is 24.7 Å².